The Morgan fingerprint density at radius 1 is 1.15 bits per heavy atom. The summed E-state index contributed by atoms with van der Waals surface area (Å²) < 4.78 is 5.52. The van der Waals surface area contributed by atoms with Gasteiger partial charge >= 0.3 is 0 Å². The van der Waals surface area contributed by atoms with Gasteiger partial charge in [0, 0.05) is 18.0 Å². The Labute approximate surface area is 165 Å². The normalized spacial score (nSPS) is 24.3. The second kappa shape index (κ2) is 7.64. The summed E-state index contributed by atoms with van der Waals surface area (Å²) in [6, 6.07) is 0. The molecule has 0 spiro atoms. The van der Waals surface area contributed by atoms with Gasteiger partial charge in [-0.15, -0.1) is 11.3 Å². The molecule has 2 aromatic heterocycles. The van der Waals surface area contributed by atoms with Gasteiger partial charge in [-0.1, -0.05) is 6.92 Å². The summed E-state index contributed by atoms with van der Waals surface area (Å²) in [6.45, 7) is 9.48. The number of nitrogens with zero attached hydrogens (tertiary/aromatic N) is 3. The van der Waals surface area contributed by atoms with Gasteiger partial charge in [-0.25, -0.2) is 9.97 Å². The number of morpholine rings is 1. The Bertz CT molecular complexity index is 808. The molecule has 2 fully saturated rings. The Morgan fingerprint density at radius 3 is 2.78 bits per heavy atom. The quantitative estimate of drug-likeness (QED) is 0.877. The van der Waals surface area contributed by atoms with Crippen molar-refractivity contribution in [3.63, 3.8) is 0 Å². The van der Waals surface area contributed by atoms with Gasteiger partial charge in [0.1, 0.15) is 30.3 Å². The van der Waals surface area contributed by atoms with E-state index >= 15 is 0 Å². The van der Waals surface area contributed by atoms with E-state index < -0.39 is 0 Å². The molecule has 1 N–H and O–H groups in total. The fourth-order valence-electron chi connectivity index (χ4n) is 4.84. The first-order valence-corrected chi connectivity index (χ1v) is 11.6. The molecule has 5 nitrogen and oxygen atoms in total. The highest BCUT2D eigenvalue weighted by molar-refractivity contribution is 7.19. The first-order chi connectivity index (χ1) is 13.3. The molecular formula is C21H31N4OS+. The summed E-state index contributed by atoms with van der Waals surface area (Å²) in [7, 11) is 0. The lowest BCUT2D eigenvalue weighted by molar-refractivity contribution is -0.922. The molecule has 5 rings (SSSR count). The molecule has 4 heterocycles. The van der Waals surface area contributed by atoms with E-state index in [1.54, 1.807) is 15.3 Å². The molecule has 6 heteroatoms. The molecule has 0 amide bonds. The van der Waals surface area contributed by atoms with Gasteiger partial charge < -0.3 is 14.5 Å². The number of rotatable bonds is 3. The fraction of sp³-hybridized carbons (Fsp3) is 0.714. The van der Waals surface area contributed by atoms with Crippen molar-refractivity contribution in [2.45, 2.75) is 52.0 Å². The number of ether oxygens (including phenoxy) is 1. The minimum Gasteiger partial charge on any atom is -0.370 e. The lowest BCUT2D eigenvalue weighted by Gasteiger charge is -2.29. The topological polar surface area (TPSA) is 42.7 Å². The summed E-state index contributed by atoms with van der Waals surface area (Å²) in [4.78, 5) is 17.2. The van der Waals surface area contributed by atoms with Crippen molar-refractivity contribution in [2.24, 2.45) is 5.92 Å². The van der Waals surface area contributed by atoms with E-state index in [1.165, 1.54) is 54.6 Å². The Balaban J connectivity index is 1.56. The molecule has 1 aliphatic carbocycles. The van der Waals surface area contributed by atoms with Gasteiger partial charge in [0.05, 0.1) is 18.6 Å². The standard InChI is InChI=1S/C21H30N4OS/c1-15-5-6-16-17(13-15)27-21-19(16)20(25-7-3-2-4-8-25)22-18(23-21)14-24-9-11-26-12-10-24/h15H,2-14H2,1H3/p+1/t15-/m0/s1. The molecule has 1 atom stereocenters. The van der Waals surface area contributed by atoms with Crippen LogP contribution in [0.15, 0.2) is 0 Å². The molecule has 27 heavy (non-hydrogen) atoms. The summed E-state index contributed by atoms with van der Waals surface area (Å²) in [5.74, 6) is 3.08. The van der Waals surface area contributed by atoms with Gasteiger partial charge in [0.2, 0.25) is 0 Å². The molecule has 0 aromatic carbocycles. The molecular weight excluding hydrogens is 356 g/mol. The lowest BCUT2D eigenvalue weighted by Crippen LogP contribution is -3.12. The van der Waals surface area contributed by atoms with Crippen LogP contribution in [0.4, 0.5) is 5.82 Å². The lowest BCUT2D eigenvalue weighted by atomic mass is 9.89. The van der Waals surface area contributed by atoms with Crippen molar-refractivity contribution < 1.29 is 9.64 Å². The number of piperidine rings is 1. The second-order valence-corrected chi connectivity index (χ2v) is 9.67. The average Bonchev–Trinajstić information content (AvgIpc) is 3.06. The molecule has 146 valence electrons. The van der Waals surface area contributed by atoms with Crippen LogP contribution in [0.1, 0.15) is 48.9 Å². The van der Waals surface area contributed by atoms with Crippen LogP contribution in [-0.2, 0) is 24.1 Å². The molecule has 0 saturated carbocycles. The third kappa shape index (κ3) is 3.59. The van der Waals surface area contributed by atoms with Crippen molar-refractivity contribution in [1.29, 1.82) is 0 Å². The highest BCUT2D eigenvalue weighted by Gasteiger charge is 2.27. The third-order valence-corrected chi connectivity index (χ3v) is 7.59. The van der Waals surface area contributed by atoms with E-state index in [4.69, 9.17) is 14.7 Å². The van der Waals surface area contributed by atoms with Crippen LogP contribution in [0.25, 0.3) is 10.2 Å². The van der Waals surface area contributed by atoms with Crippen LogP contribution in [0.2, 0.25) is 0 Å². The Hall–Kier alpha value is -1.24. The second-order valence-electron chi connectivity index (χ2n) is 8.58. The van der Waals surface area contributed by atoms with E-state index in [0.29, 0.717) is 0 Å². The Kier molecular flexibility index (Phi) is 5.05. The van der Waals surface area contributed by atoms with E-state index in [9.17, 15) is 0 Å². The zero-order chi connectivity index (χ0) is 18.2. The number of hydrogen-bond acceptors (Lipinski definition) is 5. The van der Waals surface area contributed by atoms with Crippen LogP contribution in [0.5, 0.6) is 0 Å². The van der Waals surface area contributed by atoms with Gasteiger partial charge in [-0.3, -0.25) is 0 Å². The molecule has 3 aliphatic rings. The monoisotopic (exact) mass is 387 g/mol. The molecule has 0 bridgehead atoms. The van der Waals surface area contributed by atoms with Crippen molar-refractivity contribution in [3.8, 4) is 0 Å². The number of thiophene rings is 1. The maximum Gasteiger partial charge on any atom is 0.187 e. The predicted octanol–water partition coefficient (Wildman–Crippen LogP) is 2.22. The molecule has 2 aromatic rings. The summed E-state index contributed by atoms with van der Waals surface area (Å²) in [5, 5.41) is 1.39. The summed E-state index contributed by atoms with van der Waals surface area (Å²) >= 11 is 1.95. The van der Waals surface area contributed by atoms with Crippen LogP contribution >= 0.6 is 11.3 Å². The molecule has 2 saturated heterocycles. The van der Waals surface area contributed by atoms with Crippen LogP contribution < -0.4 is 9.80 Å². The predicted molar refractivity (Wildman–Crippen MR) is 110 cm³/mol. The summed E-state index contributed by atoms with van der Waals surface area (Å²) in [5.41, 5.74) is 1.57. The number of nitrogens with one attached hydrogen (secondary N) is 1. The molecule has 0 unspecified atom stereocenters. The van der Waals surface area contributed by atoms with Crippen LogP contribution in [-0.4, -0.2) is 49.4 Å². The molecule has 2 aliphatic heterocycles. The van der Waals surface area contributed by atoms with Crippen LogP contribution in [0.3, 0.4) is 0 Å². The van der Waals surface area contributed by atoms with Gasteiger partial charge in [0.15, 0.2) is 5.82 Å². The average molecular weight is 388 g/mol. The fourth-order valence-corrected chi connectivity index (χ4v) is 6.24. The highest BCUT2D eigenvalue weighted by atomic mass is 32.1. The van der Waals surface area contributed by atoms with Gasteiger partial charge in [0.25, 0.3) is 0 Å². The smallest absolute Gasteiger partial charge is 0.187 e. The van der Waals surface area contributed by atoms with E-state index in [2.05, 4.69) is 11.8 Å². The number of hydrogen-bond donors (Lipinski definition) is 1. The zero-order valence-corrected chi connectivity index (χ0v) is 17.2. The van der Waals surface area contributed by atoms with Crippen molar-refractivity contribution in [1.82, 2.24) is 9.97 Å². The Morgan fingerprint density at radius 2 is 1.96 bits per heavy atom. The number of anilines is 1. The number of fused-ring (bicyclic) bond motifs is 3. The first kappa shape index (κ1) is 17.8. The third-order valence-electron chi connectivity index (χ3n) is 6.45. The number of aryl methyl sites for hydroxylation is 1. The maximum absolute atomic E-state index is 5.52. The van der Waals surface area contributed by atoms with E-state index in [0.717, 1.165) is 57.7 Å². The largest absolute Gasteiger partial charge is 0.370 e. The minimum absolute atomic E-state index is 0.800. The van der Waals surface area contributed by atoms with Crippen molar-refractivity contribution >= 4 is 27.4 Å². The number of aromatic nitrogens is 2. The van der Waals surface area contributed by atoms with Crippen molar-refractivity contribution in [3.05, 3.63) is 16.3 Å². The van der Waals surface area contributed by atoms with E-state index in [-0.39, 0.29) is 0 Å². The zero-order valence-electron chi connectivity index (χ0n) is 16.4. The number of quaternary nitrogens is 1. The summed E-state index contributed by atoms with van der Waals surface area (Å²) in [6.07, 6.45) is 7.67. The first-order valence-electron chi connectivity index (χ1n) is 10.8. The highest BCUT2D eigenvalue weighted by Crippen LogP contribution is 2.41. The van der Waals surface area contributed by atoms with Crippen molar-refractivity contribution in [2.75, 3.05) is 44.3 Å². The SMILES string of the molecule is C[C@H]1CCc2c(sc3nc(C[NH+]4CCOCC4)nc(N4CCCCC4)c23)C1. The minimum atomic E-state index is 0.800. The van der Waals surface area contributed by atoms with Gasteiger partial charge in [-0.05, 0) is 50.0 Å². The van der Waals surface area contributed by atoms with Crippen LogP contribution in [0, 0.1) is 5.92 Å². The molecule has 0 radical (unpaired) electrons. The maximum atomic E-state index is 5.52. The van der Waals surface area contributed by atoms with E-state index in [1.807, 2.05) is 11.3 Å². The van der Waals surface area contributed by atoms with Gasteiger partial charge in [-0.2, -0.15) is 0 Å².